The molecule has 7 nitrogen and oxygen atoms in total. The molecule has 4 N–H and O–H groups in total. The highest BCUT2D eigenvalue weighted by molar-refractivity contribution is 8.93. The van der Waals surface area contributed by atoms with Crippen molar-refractivity contribution in [2.24, 2.45) is 5.73 Å². The van der Waals surface area contributed by atoms with Gasteiger partial charge in [-0.2, -0.15) is 0 Å². The van der Waals surface area contributed by atoms with E-state index in [-0.39, 0.29) is 28.3 Å². The number of para-hydroxylation sites is 2. The van der Waals surface area contributed by atoms with Gasteiger partial charge >= 0.3 is 0 Å². The van der Waals surface area contributed by atoms with Gasteiger partial charge in [0.2, 0.25) is 5.95 Å². The molecule has 27 heavy (non-hydrogen) atoms. The van der Waals surface area contributed by atoms with E-state index in [2.05, 4.69) is 15.0 Å². The van der Waals surface area contributed by atoms with Crippen LogP contribution in [0.3, 0.4) is 0 Å². The van der Waals surface area contributed by atoms with Crippen LogP contribution in [0.4, 0.5) is 11.1 Å². The average molecular weight is 446 g/mol. The minimum absolute atomic E-state index is 0. The molecule has 4 rings (SSSR count). The maximum Gasteiger partial charge on any atom is 0.252 e. The molecule has 2 heterocycles. The van der Waals surface area contributed by atoms with Crippen LogP contribution in [0.1, 0.15) is 10.4 Å². The number of aromatic hydroxyl groups is 1. The van der Waals surface area contributed by atoms with Crippen molar-refractivity contribution in [3.05, 3.63) is 53.4 Å². The van der Waals surface area contributed by atoms with Crippen molar-refractivity contribution in [2.75, 3.05) is 11.9 Å². The van der Waals surface area contributed by atoms with E-state index >= 15 is 0 Å². The SMILES string of the molecule is Br.CN(c1nc2ccccc2[nH]1)c1nc(-c2ccc(O)c(C(N)=O)c2)cs1. The zero-order valence-corrected chi connectivity index (χ0v) is 16.7. The Labute approximate surface area is 169 Å². The van der Waals surface area contributed by atoms with Gasteiger partial charge in [-0.1, -0.05) is 12.1 Å². The molecule has 0 saturated carbocycles. The second kappa shape index (κ2) is 7.37. The van der Waals surface area contributed by atoms with Crippen LogP contribution in [0.15, 0.2) is 47.8 Å². The number of rotatable bonds is 4. The minimum atomic E-state index is -0.681. The van der Waals surface area contributed by atoms with Gasteiger partial charge < -0.3 is 15.8 Å². The maximum atomic E-state index is 11.4. The van der Waals surface area contributed by atoms with E-state index in [1.54, 1.807) is 6.07 Å². The molecule has 0 bridgehead atoms. The van der Waals surface area contributed by atoms with Crippen molar-refractivity contribution in [3.8, 4) is 17.0 Å². The number of phenols is 1. The van der Waals surface area contributed by atoms with Crippen molar-refractivity contribution >= 4 is 56.3 Å². The number of amides is 1. The minimum Gasteiger partial charge on any atom is -0.507 e. The smallest absolute Gasteiger partial charge is 0.252 e. The number of hydrogen-bond donors (Lipinski definition) is 3. The van der Waals surface area contributed by atoms with Crippen LogP contribution in [0.5, 0.6) is 5.75 Å². The molecule has 2 aromatic carbocycles. The van der Waals surface area contributed by atoms with E-state index in [0.717, 1.165) is 16.2 Å². The molecule has 0 saturated heterocycles. The molecule has 138 valence electrons. The quantitative estimate of drug-likeness (QED) is 0.442. The molecule has 9 heteroatoms. The van der Waals surface area contributed by atoms with Crippen LogP contribution in [0.2, 0.25) is 0 Å². The predicted molar refractivity (Wildman–Crippen MR) is 112 cm³/mol. The number of imidazole rings is 1. The normalized spacial score (nSPS) is 10.6. The number of hydrogen-bond acceptors (Lipinski definition) is 6. The molecule has 0 aliphatic carbocycles. The number of nitrogens with one attached hydrogen (secondary N) is 1. The first-order chi connectivity index (χ1) is 12.5. The van der Waals surface area contributed by atoms with Gasteiger partial charge in [-0.05, 0) is 30.3 Å². The number of aromatic nitrogens is 3. The van der Waals surface area contributed by atoms with E-state index in [9.17, 15) is 9.90 Å². The van der Waals surface area contributed by atoms with Crippen LogP contribution in [-0.4, -0.2) is 33.0 Å². The Balaban J connectivity index is 0.00000210. The van der Waals surface area contributed by atoms with Crippen LogP contribution in [0, 0.1) is 0 Å². The highest BCUT2D eigenvalue weighted by atomic mass is 79.9. The van der Waals surface area contributed by atoms with Crippen molar-refractivity contribution in [1.82, 2.24) is 15.0 Å². The van der Waals surface area contributed by atoms with Crippen LogP contribution < -0.4 is 10.6 Å². The standard InChI is InChI=1S/C18H15N5O2S.BrH/c1-23(17-20-12-4-2-3-5-13(12)21-17)18-22-14(9-26-18)10-6-7-15(24)11(8-10)16(19)25;/h2-9,24H,1H3,(H2,19,25)(H,20,21);1H. The summed E-state index contributed by atoms with van der Waals surface area (Å²) in [6.45, 7) is 0. The zero-order chi connectivity index (χ0) is 18.3. The number of carbonyl (C=O) groups is 1. The molecule has 4 aromatic rings. The number of aromatic amines is 1. The van der Waals surface area contributed by atoms with Crippen LogP contribution in [-0.2, 0) is 0 Å². The summed E-state index contributed by atoms with van der Waals surface area (Å²) in [5.74, 6) is -0.133. The van der Waals surface area contributed by atoms with Gasteiger partial charge in [0, 0.05) is 18.0 Å². The maximum absolute atomic E-state index is 11.4. The number of primary amides is 1. The summed E-state index contributed by atoms with van der Waals surface area (Å²) >= 11 is 1.45. The summed E-state index contributed by atoms with van der Waals surface area (Å²) in [5.41, 5.74) is 8.60. The second-order valence-electron chi connectivity index (χ2n) is 5.75. The fourth-order valence-electron chi connectivity index (χ4n) is 2.63. The predicted octanol–water partition coefficient (Wildman–Crippen LogP) is 3.84. The van der Waals surface area contributed by atoms with Gasteiger partial charge in [-0.3, -0.25) is 9.69 Å². The fraction of sp³-hybridized carbons (Fsp3) is 0.0556. The number of anilines is 2. The summed E-state index contributed by atoms with van der Waals surface area (Å²) in [4.78, 5) is 25.7. The summed E-state index contributed by atoms with van der Waals surface area (Å²) in [7, 11) is 1.88. The fourth-order valence-corrected chi connectivity index (χ4v) is 3.43. The first-order valence-corrected chi connectivity index (χ1v) is 8.68. The third-order valence-electron chi connectivity index (χ3n) is 4.03. The van der Waals surface area contributed by atoms with Gasteiger partial charge in [0.15, 0.2) is 5.13 Å². The highest BCUT2D eigenvalue weighted by Gasteiger charge is 2.15. The lowest BCUT2D eigenvalue weighted by Crippen LogP contribution is -2.11. The number of fused-ring (bicyclic) bond motifs is 1. The highest BCUT2D eigenvalue weighted by Crippen LogP contribution is 2.32. The van der Waals surface area contributed by atoms with E-state index in [1.807, 2.05) is 41.6 Å². The molecule has 1 amide bonds. The van der Waals surface area contributed by atoms with Gasteiger partial charge in [-0.15, -0.1) is 28.3 Å². The second-order valence-corrected chi connectivity index (χ2v) is 6.58. The van der Waals surface area contributed by atoms with Gasteiger partial charge in [0.05, 0.1) is 22.3 Å². The number of thiazole rings is 1. The Hall–Kier alpha value is -2.91. The van der Waals surface area contributed by atoms with Crippen molar-refractivity contribution in [2.45, 2.75) is 0 Å². The molecule has 0 fully saturated rings. The molecule has 0 atom stereocenters. The van der Waals surface area contributed by atoms with Gasteiger partial charge in [-0.25, -0.2) is 9.97 Å². The summed E-state index contributed by atoms with van der Waals surface area (Å²) < 4.78 is 0. The summed E-state index contributed by atoms with van der Waals surface area (Å²) in [6, 6.07) is 12.5. The average Bonchev–Trinajstić information content (AvgIpc) is 3.28. The molecule has 0 aliphatic heterocycles. The van der Waals surface area contributed by atoms with Crippen molar-refractivity contribution in [3.63, 3.8) is 0 Å². The first-order valence-electron chi connectivity index (χ1n) is 7.80. The molecule has 0 aliphatic rings. The summed E-state index contributed by atoms with van der Waals surface area (Å²) in [5, 5.41) is 12.3. The number of nitrogens with zero attached hydrogens (tertiary/aromatic N) is 3. The third-order valence-corrected chi connectivity index (χ3v) is 4.95. The molecular formula is C18H16BrN5O2S. The largest absolute Gasteiger partial charge is 0.507 e. The lowest BCUT2D eigenvalue weighted by Gasteiger charge is -2.11. The Morgan fingerprint density at radius 2 is 2.00 bits per heavy atom. The van der Waals surface area contributed by atoms with E-state index in [0.29, 0.717) is 17.2 Å². The number of nitrogens with two attached hydrogens (primary N) is 1. The molecule has 2 aromatic heterocycles. The number of carbonyl (C=O) groups excluding carboxylic acids is 1. The lowest BCUT2D eigenvalue weighted by atomic mass is 10.1. The van der Waals surface area contributed by atoms with Crippen molar-refractivity contribution in [1.29, 1.82) is 0 Å². The monoisotopic (exact) mass is 445 g/mol. The van der Waals surface area contributed by atoms with Crippen LogP contribution in [0.25, 0.3) is 22.3 Å². The Morgan fingerprint density at radius 3 is 2.74 bits per heavy atom. The number of halogens is 1. The van der Waals surface area contributed by atoms with Crippen LogP contribution >= 0.6 is 28.3 Å². The molecule has 0 unspecified atom stereocenters. The first kappa shape index (κ1) is 18.9. The van der Waals surface area contributed by atoms with Gasteiger partial charge in [0.1, 0.15) is 5.75 Å². The summed E-state index contributed by atoms with van der Waals surface area (Å²) in [6.07, 6.45) is 0. The topological polar surface area (TPSA) is 108 Å². The number of H-pyrrole nitrogens is 1. The molecular weight excluding hydrogens is 430 g/mol. The van der Waals surface area contributed by atoms with E-state index in [4.69, 9.17) is 5.73 Å². The third kappa shape index (κ3) is 3.51. The lowest BCUT2D eigenvalue weighted by molar-refractivity contribution is 0.0998. The van der Waals surface area contributed by atoms with E-state index in [1.165, 1.54) is 23.5 Å². The Bertz CT molecular complexity index is 1090. The van der Waals surface area contributed by atoms with Gasteiger partial charge in [0.25, 0.3) is 5.91 Å². The zero-order valence-electron chi connectivity index (χ0n) is 14.2. The molecule has 0 spiro atoms. The molecule has 0 radical (unpaired) electrons. The number of benzene rings is 2. The Morgan fingerprint density at radius 1 is 1.22 bits per heavy atom. The van der Waals surface area contributed by atoms with E-state index < -0.39 is 5.91 Å². The Kier molecular flexibility index (Phi) is 5.15. The van der Waals surface area contributed by atoms with Crippen molar-refractivity contribution < 1.29 is 9.90 Å².